The first-order valence-corrected chi connectivity index (χ1v) is 10.4. The quantitative estimate of drug-likeness (QED) is 0.451. The number of aliphatic hydroxyl groups excluding tert-OH is 1. The molecule has 0 bridgehead atoms. The second-order valence-corrected chi connectivity index (χ2v) is 7.31. The zero-order valence-corrected chi connectivity index (χ0v) is 18.7. The SMILES string of the molecule is CCCN(CCC)CC(O)COc1ccc(F)cc1C(=O)CCc1ccccc1.Cl. The van der Waals surface area contributed by atoms with Gasteiger partial charge in [-0.05, 0) is 56.1 Å². The summed E-state index contributed by atoms with van der Waals surface area (Å²) in [6.07, 6.45) is 2.22. The minimum atomic E-state index is -0.676. The van der Waals surface area contributed by atoms with Crippen LogP contribution in [0.3, 0.4) is 0 Å². The van der Waals surface area contributed by atoms with Crippen LogP contribution < -0.4 is 4.74 Å². The summed E-state index contributed by atoms with van der Waals surface area (Å²) in [4.78, 5) is 14.9. The Balaban J connectivity index is 0.00000450. The first-order valence-electron chi connectivity index (χ1n) is 10.4. The summed E-state index contributed by atoms with van der Waals surface area (Å²) in [7, 11) is 0. The number of halogens is 2. The van der Waals surface area contributed by atoms with E-state index < -0.39 is 11.9 Å². The number of hydrogen-bond acceptors (Lipinski definition) is 4. The van der Waals surface area contributed by atoms with Crippen LogP contribution in [0.5, 0.6) is 5.75 Å². The van der Waals surface area contributed by atoms with Crippen LogP contribution in [0.2, 0.25) is 0 Å². The van der Waals surface area contributed by atoms with Crippen LogP contribution in [-0.4, -0.2) is 48.1 Å². The number of ether oxygens (including phenoxy) is 1. The highest BCUT2D eigenvalue weighted by molar-refractivity contribution is 5.98. The van der Waals surface area contributed by atoms with Gasteiger partial charge in [0.2, 0.25) is 0 Å². The molecule has 0 aliphatic heterocycles. The predicted octanol–water partition coefficient (Wildman–Crippen LogP) is 4.92. The molecule has 1 unspecified atom stereocenters. The van der Waals surface area contributed by atoms with Crippen molar-refractivity contribution in [3.05, 3.63) is 65.5 Å². The van der Waals surface area contributed by atoms with Gasteiger partial charge in [0, 0.05) is 13.0 Å². The van der Waals surface area contributed by atoms with Crippen molar-refractivity contribution in [3.8, 4) is 5.75 Å². The Hall–Kier alpha value is -1.95. The van der Waals surface area contributed by atoms with Crippen LogP contribution in [0.25, 0.3) is 0 Å². The van der Waals surface area contributed by atoms with Crippen molar-refractivity contribution in [2.75, 3.05) is 26.2 Å². The molecule has 2 aromatic carbocycles. The molecule has 0 amide bonds. The Morgan fingerprint density at radius 1 is 1.10 bits per heavy atom. The Morgan fingerprint density at radius 2 is 1.77 bits per heavy atom. The molecule has 0 aliphatic rings. The molecular formula is C24H33ClFNO3. The lowest BCUT2D eigenvalue weighted by molar-refractivity contribution is 0.0673. The van der Waals surface area contributed by atoms with Gasteiger partial charge in [0.15, 0.2) is 5.78 Å². The molecule has 0 aromatic heterocycles. The molecule has 6 heteroatoms. The summed E-state index contributed by atoms with van der Waals surface area (Å²) in [6.45, 7) is 6.64. The summed E-state index contributed by atoms with van der Waals surface area (Å²) in [5.41, 5.74) is 1.29. The van der Waals surface area contributed by atoms with Gasteiger partial charge in [-0.15, -0.1) is 12.4 Å². The molecule has 0 aliphatic carbocycles. The van der Waals surface area contributed by atoms with E-state index in [1.807, 2.05) is 30.3 Å². The van der Waals surface area contributed by atoms with Crippen molar-refractivity contribution < 1.29 is 19.0 Å². The van der Waals surface area contributed by atoms with Crippen LogP contribution >= 0.6 is 12.4 Å². The molecule has 0 fully saturated rings. The number of hydrogen-bond donors (Lipinski definition) is 1. The molecule has 2 rings (SSSR count). The van der Waals surface area contributed by atoms with E-state index in [0.717, 1.165) is 31.5 Å². The largest absolute Gasteiger partial charge is 0.490 e. The zero-order chi connectivity index (χ0) is 21.1. The monoisotopic (exact) mass is 437 g/mol. The number of carbonyl (C=O) groups excluding carboxylic acids is 1. The highest BCUT2D eigenvalue weighted by atomic mass is 35.5. The van der Waals surface area contributed by atoms with Crippen LogP contribution in [-0.2, 0) is 6.42 Å². The molecule has 166 valence electrons. The molecule has 1 N–H and O–H groups in total. The molecule has 4 nitrogen and oxygen atoms in total. The van der Waals surface area contributed by atoms with E-state index in [2.05, 4.69) is 18.7 Å². The lowest BCUT2D eigenvalue weighted by atomic mass is 10.0. The number of benzene rings is 2. The van der Waals surface area contributed by atoms with Crippen molar-refractivity contribution in [3.63, 3.8) is 0 Å². The van der Waals surface area contributed by atoms with Crippen LogP contribution in [0.1, 0.15) is 49.0 Å². The fourth-order valence-corrected chi connectivity index (χ4v) is 3.35. The fourth-order valence-electron chi connectivity index (χ4n) is 3.35. The fraction of sp³-hybridized carbons (Fsp3) is 0.458. The zero-order valence-electron chi connectivity index (χ0n) is 17.9. The third-order valence-electron chi connectivity index (χ3n) is 4.71. The molecule has 0 radical (unpaired) electrons. The molecule has 30 heavy (non-hydrogen) atoms. The van der Waals surface area contributed by atoms with E-state index in [-0.39, 0.29) is 36.8 Å². The third-order valence-corrected chi connectivity index (χ3v) is 4.71. The van der Waals surface area contributed by atoms with Crippen molar-refractivity contribution in [1.29, 1.82) is 0 Å². The minimum Gasteiger partial charge on any atom is -0.490 e. The number of aryl methyl sites for hydroxylation is 1. The van der Waals surface area contributed by atoms with Gasteiger partial charge in [-0.2, -0.15) is 0 Å². The molecular weight excluding hydrogens is 405 g/mol. The Kier molecular flexibility index (Phi) is 12.3. The van der Waals surface area contributed by atoms with Gasteiger partial charge < -0.3 is 14.7 Å². The van der Waals surface area contributed by atoms with E-state index in [4.69, 9.17) is 4.74 Å². The van der Waals surface area contributed by atoms with Gasteiger partial charge in [0.1, 0.15) is 24.3 Å². The highest BCUT2D eigenvalue weighted by Crippen LogP contribution is 2.22. The second-order valence-electron chi connectivity index (χ2n) is 7.31. The van der Waals surface area contributed by atoms with E-state index >= 15 is 0 Å². The number of rotatable bonds is 13. The van der Waals surface area contributed by atoms with Gasteiger partial charge in [0.05, 0.1) is 5.56 Å². The normalized spacial score (nSPS) is 11.8. The Labute approximate surface area is 185 Å². The van der Waals surface area contributed by atoms with E-state index in [9.17, 15) is 14.3 Å². The topological polar surface area (TPSA) is 49.8 Å². The van der Waals surface area contributed by atoms with E-state index in [1.165, 1.54) is 18.2 Å². The summed E-state index contributed by atoms with van der Waals surface area (Å²) in [5.74, 6) is -0.324. The first-order chi connectivity index (χ1) is 14.0. The summed E-state index contributed by atoms with van der Waals surface area (Å²) < 4.78 is 19.5. The molecule has 0 spiro atoms. The first kappa shape index (κ1) is 26.1. The Morgan fingerprint density at radius 3 is 2.40 bits per heavy atom. The molecule has 2 aromatic rings. The summed E-state index contributed by atoms with van der Waals surface area (Å²) in [6, 6.07) is 13.7. The van der Waals surface area contributed by atoms with Crippen molar-refractivity contribution in [2.24, 2.45) is 0 Å². The smallest absolute Gasteiger partial charge is 0.167 e. The summed E-state index contributed by atoms with van der Waals surface area (Å²) >= 11 is 0. The highest BCUT2D eigenvalue weighted by Gasteiger charge is 2.17. The van der Waals surface area contributed by atoms with Gasteiger partial charge >= 0.3 is 0 Å². The van der Waals surface area contributed by atoms with Gasteiger partial charge in [-0.25, -0.2) is 4.39 Å². The molecule has 1 atom stereocenters. The standard InChI is InChI=1S/C24H32FNO3.ClH/c1-3-14-26(15-4-2)17-21(27)18-29-24-13-11-20(25)16-22(24)23(28)12-10-19-8-6-5-7-9-19;/h5-9,11,13,16,21,27H,3-4,10,12,14-15,17-18H2,1-2H3;1H. The number of carbonyl (C=O) groups is 1. The second kappa shape index (κ2) is 14.1. The Bertz CT molecular complexity index is 751. The van der Waals surface area contributed by atoms with Crippen molar-refractivity contribution in [1.82, 2.24) is 4.90 Å². The molecule has 0 saturated carbocycles. The number of Topliss-reactive ketones (excluding diaryl/α,β-unsaturated/α-hetero) is 1. The average molecular weight is 438 g/mol. The van der Waals surface area contributed by atoms with Gasteiger partial charge in [-0.1, -0.05) is 44.2 Å². The summed E-state index contributed by atoms with van der Waals surface area (Å²) in [5, 5.41) is 10.3. The lowest BCUT2D eigenvalue weighted by Crippen LogP contribution is -2.36. The lowest BCUT2D eigenvalue weighted by Gasteiger charge is -2.24. The molecule has 0 heterocycles. The third kappa shape index (κ3) is 8.82. The van der Waals surface area contributed by atoms with Gasteiger partial charge in [0.25, 0.3) is 0 Å². The van der Waals surface area contributed by atoms with Crippen LogP contribution in [0.15, 0.2) is 48.5 Å². The predicted molar refractivity (Wildman–Crippen MR) is 121 cm³/mol. The van der Waals surface area contributed by atoms with E-state index in [1.54, 1.807) is 0 Å². The maximum absolute atomic E-state index is 13.7. The number of nitrogens with zero attached hydrogens (tertiary/aromatic N) is 1. The average Bonchev–Trinajstić information content (AvgIpc) is 2.72. The van der Waals surface area contributed by atoms with Gasteiger partial charge in [-0.3, -0.25) is 4.79 Å². The molecule has 0 saturated heterocycles. The number of aliphatic hydroxyl groups is 1. The number of ketones is 1. The van der Waals surface area contributed by atoms with Crippen molar-refractivity contribution in [2.45, 2.75) is 45.6 Å². The maximum atomic E-state index is 13.7. The van der Waals surface area contributed by atoms with Crippen LogP contribution in [0.4, 0.5) is 4.39 Å². The minimum absolute atomic E-state index is 0. The maximum Gasteiger partial charge on any atom is 0.167 e. The van der Waals surface area contributed by atoms with E-state index in [0.29, 0.717) is 18.7 Å². The van der Waals surface area contributed by atoms with Crippen molar-refractivity contribution >= 4 is 18.2 Å². The van der Waals surface area contributed by atoms with Crippen LogP contribution in [0, 0.1) is 5.82 Å².